The van der Waals surface area contributed by atoms with Gasteiger partial charge in [-0.15, -0.1) is 0 Å². The molecule has 0 aliphatic carbocycles. The van der Waals surface area contributed by atoms with Crippen LogP contribution < -0.4 is 5.73 Å². The Kier molecular flexibility index (Phi) is 3.31. The largest absolute Gasteiger partial charge is 0.409 e. The lowest BCUT2D eigenvalue weighted by molar-refractivity contribution is 0.0751. The maximum atomic E-state index is 12.6. The van der Waals surface area contributed by atoms with Gasteiger partial charge in [-0.1, -0.05) is 41.6 Å². The molecule has 21 heavy (non-hydrogen) atoms. The Hall–Kier alpha value is -2.82. The molecular weight excluding hydrogens is 266 g/mol. The first-order valence-corrected chi connectivity index (χ1v) is 6.63. The molecule has 5 nitrogen and oxygen atoms in total. The molecular formula is C16H15N3O2. The van der Waals surface area contributed by atoms with Crippen molar-refractivity contribution in [3.05, 3.63) is 70.8 Å². The fourth-order valence-electron chi connectivity index (χ4n) is 2.53. The Bertz CT molecular complexity index is 700. The Balaban J connectivity index is 1.84. The molecule has 106 valence electrons. The summed E-state index contributed by atoms with van der Waals surface area (Å²) < 4.78 is 0. The maximum absolute atomic E-state index is 12.6. The number of benzene rings is 2. The number of oxime groups is 1. The summed E-state index contributed by atoms with van der Waals surface area (Å²) in [5, 5.41) is 11.7. The molecule has 5 heteroatoms. The summed E-state index contributed by atoms with van der Waals surface area (Å²) in [4.78, 5) is 14.3. The highest BCUT2D eigenvalue weighted by molar-refractivity contribution is 6.01. The molecule has 0 saturated carbocycles. The third kappa shape index (κ3) is 2.45. The van der Waals surface area contributed by atoms with E-state index in [1.807, 2.05) is 24.3 Å². The SMILES string of the molecule is NC(=NO)c1cccc(C(=O)N2Cc3ccccc3C2)c1. The van der Waals surface area contributed by atoms with Gasteiger partial charge in [-0.05, 0) is 23.3 Å². The average Bonchev–Trinajstić information content (AvgIpc) is 2.97. The van der Waals surface area contributed by atoms with Crippen LogP contribution in [-0.4, -0.2) is 21.8 Å². The molecule has 0 spiro atoms. The lowest BCUT2D eigenvalue weighted by Crippen LogP contribution is -2.25. The summed E-state index contributed by atoms with van der Waals surface area (Å²) in [6.07, 6.45) is 0. The van der Waals surface area contributed by atoms with Crippen LogP contribution in [0.4, 0.5) is 0 Å². The first-order chi connectivity index (χ1) is 10.2. The van der Waals surface area contributed by atoms with Crippen LogP contribution in [0.3, 0.4) is 0 Å². The second-order valence-corrected chi connectivity index (χ2v) is 5.00. The predicted molar refractivity (Wildman–Crippen MR) is 79.0 cm³/mol. The highest BCUT2D eigenvalue weighted by Gasteiger charge is 2.24. The standard InChI is InChI=1S/C16H15N3O2/c17-15(18-21)11-6-3-7-12(8-11)16(20)19-9-13-4-1-2-5-14(13)10-19/h1-8,21H,9-10H2,(H2,17,18). The zero-order valence-electron chi connectivity index (χ0n) is 11.4. The molecule has 2 aromatic carbocycles. The summed E-state index contributed by atoms with van der Waals surface area (Å²) in [5.74, 6) is -0.0619. The fraction of sp³-hybridized carbons (Fsp3) is 0.125. The van der Waals surface area contributed by atoms with Crippen LogP contribution in [0.2, 0.25) is 0 Å². The molecule has 0 fully saturated rings. The van der Waals surface area contributed by atoms with E-state index in [0.717, 1.165) is 0 Å². The van der Waals surface area contributed by atoms with E-state index >= 15 is 0 Å². The molecule has 3 N–H and O–H groups in total. The lowest BCUT2D eigenvalue weighted by Gasteiger charge is -2.15. The highest BCUT2D eigenvalue weighted by atomic mass is 16.4. The smallest absolute Gasteiger partial charge is 0.254 e. The lowest BCUT2D eigenvalue weighted by atomic mass is 10.1. The van der Waals surface area contributed by atoms with Crippen LogP contribution in [-0.2, 0) is 13.1 Å². The van der Waals surface area contributed by atoms with Gasteiger partial charge >= 0.3 is 0 Å². The van der Waals surface area contributed by atoms with E-state index in [4.69, 9.17) is 10.9 Å². The van der Waals surface area contributed by atoms with Gasteiger partial charge in [0, 0.05) is 24.2 Å². The van der Waals surface area contributed by atoms with Gasteiger partial charge in [0.05, 0.1) is 0 Å². The molecule has 0 saturated heterocycles. The van der Waals surface area contributed by atoms with E-state index in [-0.39, 0.29) is 11.7 Å². The summed E-state index contributed by atoms with van der Waals surface area (Å²) in [7, 11) is 0. The number of carbonyl (C=O) groups is 1. The van der Waals surface area contributed by atoms with Crippen molar-refractivity contribution in [1.29, 1.82) is 0 Å². The van der Waals surface area contributed by atoms with Gasteiger partial charge in [0.1, 0.15) is 0 Å². The van der Waals surface area contributed by atoms with Gasteiger partial charge in [0.15, 0.2) is 5.84 Å². The number of carbonyl (C=O) groups excluding carboxylic acids is 1. The summed E-state index contributed by atoms with van der Waals surface area (Å²) >= 11 is 0. The molecule has 0 radical (unpaired) electrons. The summed E-state index contributed by atoms with van der Waals surface area (Å²) in [6.45, 7) is 1.23. The minimum atomic E-state index is -0.0567. The number of rotatable bonds is 2. The second kappa shape index (κ2) is 5.28. The van der Waals surface area contributed by atoms with Crippen LogP contribution in [0, 0.1) is 0 Å². The first-order valence-electron chi connectivity index (χ1n) is 6.63. The summed E-state index contributed by atoms with van der Waals surface area (Å²) in [6, 6.07) is 14.8. The quantitative estimate of drug-likeness (QED) is 0.382. The van der Waals surface area contributed by atoms with Crippen molar-refractivity contribution in [2.24, 2.45) is 10.9 Å². The van der Waals surface area contributed by atoms with E-state index in [1.165, 1.54) is 11.1 Å². The van der Waals surface area contributed by atoms with Crippen molar-refractivity contribution in [3.8, 4) is 0 Å². The Labute approximate surface area is 122 Å². The number of amides is 1. The van der Waals surface area contributed by atoms with Crippen LogP contribution in [0.25, 0.3) is 0 Å². The van der Waals surface area contributed by atoms with E-state index in [9.17, 15) is 4.79 Å². The van der Waals surface area contributed by atoms with Crippen molar-refractivity contribution < 1.29 is 10.0 Å². The van der Waals surface area contributed by atoms with Crippen molar-refractivity contribution in [2.45, 2.75) is 13.1 Å². The Morgan fingerprint density at radius 1 is 1.05 bits per heavy atom. The van der Waals surface area contributed by atoms with E-state index < -0.39 is 0 Å². The number of fused-ring (bicyclic) bond motifs is 1. The van der Waals surface area contributed by atoms with Gasteiger partial charge < -0.3 is 15.8 Å². The van der Waals surface area contributed by atoms with Gasteiger partial charge in [-0.3, -0.25) is 4.79 Å². The first kappa shape index (κ1) is 13.2. The van der Waals surface area contributed by atoms with Crippen molar-refractivity contribution >= 4 is 11.7 Å². The van der Waals surface area contributed by atoms with E-state index in [2.05, 4.69) is 5.16 Å². The number of nitrogens with two attached hydrogens (primary N) is 1. The number of hydrogen-bond donors (Lipinski definition) is 2. The van der Waals surface area contributed by atoms with Crippen molar-refractivity contribution in [3.63, 3.8) is 0 Å². The van der Waals surface area contributed by atoms with E-state index in [0.29, 0.717) is 24.2 Å². The molecule has 0 aromatic heterocycles. The fourth-order valence-corrected chi connectivity index (χ4v) is 2.53. The number of nitrogens with zero attached hydrogens (tertiary/aromatic N) is 2. The molecule has 1 heterocycles. The van der Waals surface area contributed by atoms with Crippen LogP contribution in [0.15, 0.2) is 53.7 Å². The van der Waals surface area contributed by atoms with Gasteiger partial charge in [-0.25, -0.2) is 0 Å². The topological polar surface area (TPSA) is 78.9 Å². The third-order valence-corrected chi connectivity index (χ3v) is 3.64. The van der Waals surface area contributed by atoms with Crippen molar-refractivity contribution in [2.75, 3.05) is 0 Å². The number of hydrogen-bond acceptors (Lipinski definition) is 3. The van der Waals surface area contributed by atoms with Crippen LogP contribution >= 0.6 is 0 Å². The molecule has 0 bridgehead atoms. The highest BCUT2D eigenvalue weighted by Crippen LogP contribution is 2.24. The van der Waals surface area contributed by atoms with Crippen LogP contribution in [0.5, 0.6) is 0 Å². The molecule has 1 amide bonds. The van der Waals surface area contributed by atoms with E-state index in [1.54, 1.807) is 29.2 Å². The second-order valence-electron chi connectivity index (χ2n) is 5.00. The van der Waals surface area contributed by atoms with Gasteiger partial charge in [0.25, 0.3) is 5.91 Å². The molecule has 1 aliphatic rings. The molecule has 0 atom stereocenters. The zero-order valence-corrected chi connectivity index (χ0v) is 11.4. The monoisotopic (exact) mass is 281 g/mol. The van der Waals surface area contributed by atoms with Crippen molar-refractivity contribution in [1.82, 2.24) is 4.90 Å². The average molecular weight is 281 g/mol. The maximum Gasteiger partial charge on any atom is 0.254 e. The van der Waals surface area contributed by atoms with Gasteiger partial charge in [-0.2, -0.15) is 0 Å². The van der Waals surface area contributed by atoms with Gasteiger partial charge in [0.2, 0.25) is 0 Å². The molecule has 0 unspecified atom stereocenters. The minimum Gasteiger partial charge on any atom is -0.409 e. The predicted octanol–water partition coefficient (Wildman–Crippen LogP) is 1.94. The molecule has 1 aliphatic heterocycles. The zero-order chi connectivity index (χ0) is 14.8. The minimum absolute atomic E-state index is 0.00522. The molecule has 2 aromatic rings. The normalized spacial score (nSPS) is 14.1. The summed E-state index contributed by atoms with van der Waals surface area (Å²) in [5.41, 5.74) is 8.98. The molecule has 3 rings (SSSR count). The Morgan fingerprint density at radius 3 is 2.29 bits per heavy atom. The third-order valence-electron chi connectivity index (χ3n) is 3.64. The van der Waals surface area contributed by atoms with Crippen LogP contribution in [0.1, 0.15) is 27.0 Å². The Morgan fingerprint density at radius 2 is 1.67 bits per heavy atom. The number of amidine groups is 1.